The van der Waals surface area contributed by atoms with Crippen molar-refractivity contribution in [2.24, 2.45) is 11.5 Å². The average molecular weight is 194 g/mol. The molecule has 14 heavy (non-hydrogen) atoms. The number of hydrogen-bond donors (Lipinski definition) is 2. The van der Waals surface area contributed by atoms with Crippen LogP contribution in [0.25, 0.3) is 0 Å². The van der Waals surface area contributed by atoms with Crippen molar-refractivity contribution in [2.45, 2.75) is 13.0 Å². The van der Waals surface area contributed by atoms with Crippen LogP contribution in [0.15, 0.2) is 24.3 Å². The van der Waals surface area contributed by atoms with E-state index in [1.165, 1.54) is 0 Å². The molecule has 1 amide bonds. The van der Waals surface area contributed by atoms with Crippen molar-refractivity contribution in [3.8, 4) is 5.75 Å². The lowest BCUT2D eigenvalue weighted by molar-refractivity contribution is -0.119. The number of carbonyl (C=O) groups excluding carboxylic acids is 1. The normalized spacial score (nSPS) is 12.1. The minimum absolute atomic E-state index is 0.0490. The Hall–Kier alpha value is -1.55. The van der Waals surface area contributed by atoms with Gasteiger partial charge in [-0.1, -0.05) is 12.1 Å². The lowest BCUT2D eigenvalue weighted by Crippen LogP contribution is -2.20. The van der Waals surface area contributed by atoms with Crippen molar-refractivity contribution in [3.63, 3.8) is 0 Å². The summed E-state index contributed by atoms with van der Waals surface area (Å²) in [4.78, 5) is 10.5. The molecule has 1 atom stereocenters. The highest BCUT2D eigenvalue weighted by Crippen LogP contribution is 2.17. The Morgan fingerprint density at radius 1 is 1.57 bits per heavy atom. The molecule has 0 heterocycles. The lowest BCUT2D eigenvalue weighted by Gasteiger charge is -2.08. The maximum Gasteiger partial charge on any atom is 0.255 e. The van der Waals surface area contributed by atoms with Crippen LogP contribution in [0.5, 0.6) is 5.75 Å². The van der Waals surface area contributed by atoms with E-state index in [-0.39, 0.29) is 12.6 Å². The third-order valence-corrected chi connectivity index (χ3v) is 1.76. The summed E-state index contributed by atoms with van der Waals surface area (Å²) in [7, 11) is 0. The minimum Gasteiger partial charge on any atom is -0.484 e. The first-order chi connectivity index (χ1) is 6.59. The molecule has 4 N–H and O–H groups in total. The van der Waals surface area contributed by atoms with E-state index in [2.05, 4.69) is 0 Å². The summed E-state index contributed by atoms with van der Waals surface area (Å²) in [5.74, 6) is 0.120. The number of carbonyl (C=O) groups is 1. The smallest absolute Gasteiger partial charge is 0.255 e. The van der Waals surface area contributed by atoms with Gasteiger partial charge in [0.15, 0.2) is 6.61 Å². The molecule has 0 aliphatic heterocycles. The Balaban J connectivity index is 2.68. The van der Waals surface area contributed by atoms with Crippen molar-refractivity contribution in [1.29, 1.82) is 0 Å². The average Bonchev–Trinajstić information content (AvgIpc) is 2.15. The van der Waals surface area contributed by atoms with Gasteiger partial charge < -0.3 is 16.2 Å². The number of rotatable bonds is 4. The summed E-state index contributed by atoms with van der Waals surface area (Å²) < 4.78 is 5.13. The van der Waals surface area contributed by atoms with E-state index in [4.69, 9.17) is 16.2 Å². The summed E-state index contributed by atoms with van der Waals surface area (Å²) >= 11 is 0. The zero-order valence-electron chi connectivity index (χ0n) is 8.07. The van der Waals surface area contributed by atoms with Gasteiger partial charge in [-0.15, -0.1) is 0 Å². The predicted molar refractivity (Wildman–Crippen MR) is 53.7 cm³/mol. The lowest BCUT2D eigenvalue weighted by atomic mass is 10.1. The zero-order chi connectivity index (χ0) is 10.6. The van der Waals surface area contributed by atoms with Crippen LogP contribution in [-0.4, -0.2) is 12.5 Å². The van der Waals surface area contributed by atoms with Gasteiger partial charge in [0.1, 0.15) is 5.75 Å². The summed E-state index contributed by atoms with van der Waals surface area (Å²) in [6, 6.07) is 7.24. The molecule has 0 aromatic heterocycles. The molecule has 76 valence electrons. The topological polar surface area (TPSA) is 78.3 Å². The highest BCUT2D eigenvalue weighted by molar-refractivity contribution is 5.75. The third-order valence-electron chi connectivity index (χ3n) is 1.76. The van der Waals surface area contributed by atoms with Gasteiger partial charge in [-0.2, -0.15) is 0 Å². The van der Waals surface area contributed by atoms with Gasteiger partial charge >= 0.3 is 0 Å². The van der Waals surface area contributed by atoms with E-state index >= 15 is 0 Å². The van der Waals surface area contributed by atoms with Gasteiger partial charge in [0.25, 0.3) is 5.91 Å². The van der Waals surface area contributed by atoms with Crippen molar-refractivity contribution < 1.29 is 9.53 Å². The fraction of sp³-hybridized carbons (Fsp3) is 0.300. The van der Waals surface area contributed by atoms with Gasteiger partial charge in [0.2, 0.25) is 0 Å². The molecule has 1 aromatic carbocycles. The number of hydrogen-bond acceptors (Lipinski definition) is 3. The summed E-state index contributed by atoms with van der Waals surface area (Å²) in [6.45, 7) is 1.77. The maximum atomic E-state index is 10.5. The zero-order valence-corrected chi connectivity index (χ0v) is 8.07. The first kappa shape index (κ1) is 10.5. The molecule has 1 aromatic rings. The molecule has 0 unspecified atom stereocenters. The van der Waals surface area contributed by atoms with Crippen LogP contribution in [0.2, 0.25) is 0 Å². The molecule has 0 aliphatic rings. The van der Waals surface area contributed by atoms with Gasteiger partial charge in [0, 0.05) is 6.04 Å². The van der Waals surface area contributed by atoms with E-state index < -0.39 is 5.91 Å². The number of ether oxygens (including phenoxy) is 1. The highest BCUT2D eigenvalue weighted by Gasteiger charge is 2.01. The van der Waals surface area contributed by atoms with Crippen LogP contribution in [0, 0.1) is 0 Å². The second-order valence-electron chi connectivity index (χ2n) is 3.12. The summed E-state index contributed by atoms with van der Waals surface area (Å²) in [5.41, 5.74) is 11.6. The summed E-state index contributed by atoms with van der Waals surface area (Å²) in [6.07, 6.45) is 0. The van der Waals surface area contributed by atoms with Gasteiger partial charge in [-0.05, 0) is 24.6 Å². The number of primary amides is 1. The molecule has 0 radical (unpaired) electrons. The van der Waals surface area contributed by atoms with Crippen LogP contribution in [0.4, 0.5) is 0 Å². The van der Waals surface area contributed by atoms with Crippen molar-refractivity contribution >= 4 is 5.91 Å². The van der Waals surface area contributed by atoms with Crippen molar-refractivity contribution in [3.05, 3.63) is 29.8 Å². The first-order valence-corrected chi connectivity index (χ1v) is 4.36. The Morgan fingerprint density at radius 3 is 2.86 bits per heavy atom. The molecule has 0 saturated heterocycles. The van der Waals surface area contributed by atoms with E-state index in [9.17, 15) is 4.79 Å². The van der Waals surface area contributed by atoms with Crippen LogP contribution < -0.4 is 16.2 Å². The fourth-order valence-electron chi connectivity index (χ4n) is 1.04. The van der Waals surface area contributed by atoms with E-state index in [0.717, 1.165) is 5.56 Å². The van der Waals surface area contributed by atoms with Crippen LogP contribution in [0.3, 0.4) is 0 Å². The highest BCUT2D eigenvalue weighted by atomic mass is 16.5. The second-order valence-corrected chi connectivity index (χ2v) is 3.12. The molecular formula is C10H14N2O2. The molecule has 0 saturated carbocycles. The number of benzene rings is 1. The standard InChI is InChI=1S/C10H14N2O2/c1-7(11)8-3-2-4-9(5-8)14-6-10(12)13/h2-5,7H,6,11H2,1H3,(H2,12,13)/t7-/m1/s1. The quantitative estimate of drug-likeness (QED) is 0.735. The molecule has 0 aliphatic carbocycles. The van der Waals surface area contributed by atoms with Gasteiger partial charge in [0.05, 0.1) is 0 Å². The Bertz CT molecular complexity index is 324. The SMILES string of the molecule is C[C@@H](N)c1cccc(OCC(N)=O)c1. The number of amides is 1. The molecule has 0 spiro atoms. The van der Waals surface area contributed by atoms with Crippen LogP contribution in [0.1, 0.15) is 18.5 Å². The fourth-order valence-corrected chi connectivity index (χ4v) is 1.04. The second kappa shape index (κ2) is 4.62. The largest absolute Gasteiger partial charge is 0.484 e. The van der Waals surface area contributed by atoms with Gasteiger partial charge in [-0.3, -0.25) is 4.79 Å². The van der Waals surface area contributed by atoms with Crippen LogP contribution >= 0.6 is 0 Å². The Kier molecular flexibility index (Phi) is 3.48. The molecule has 4 heteroatoms. The first-order valence-electron chi connectivity index (χ1n) is 4.36. The minimum atomic E-state index is -0.490. The Labute approximate surface area is 82.8 Å². The molecule has 1 rings (SSSR count). The predicted octanol–water partition coefficient (Wildman–Crippen LogP) is 0.570. The van der Waals surface area contributed by atoms with E-state index in [1.54, 1.807) is 12.1 Å². The Morgan fingerprint density at radius 2 is 2.29 bits per heavy atom. The van der Waals surface area contributed by atoms with E-state index in [1.807, 2.05) is 19.1 Å². The summed E-state index contributed by atoms with van der Waals surface area (Å²) in [5, 5.41) is 0. The monoisotopic (exact) mass is 194 g/mol. The third kappa shape index (κ3) is 3.06. The molecule has 0 fully saturated rings. The van der Waals surface area contributed by atoms with Crippen molar-refractivity contribution in [2.75, 3.05) is 6.61 Å². The molecular weight excluding hydrogens is 180 g/mol. The number of nitrogens with two attached hydrogens (primary N) is 2. The van der Waals surface area contributed by atoms with E-state index in [0.29, 0.717) is 5.75 Å². The molecule has 0 bridgehead atoms. The van der Waals surface area contributed by atoms with Crippen molar-refractivity contribution in [1.82, 2.24) is 0 Å². The molecule has 4 nitrogen and oxygen atoms in total. The van der Waals surface area contributed by atoms with Gasteiger partial charge in [-0.25, -0.2) is 0 Å². The maximum absolute atomic E-state index is 10.5. The van der Waals surface area contributed by atoms with Crippen LogP contribution in [-0.2, 0) is 4.79 Å².